The lowest BCUT2D eigenvalue weighted by Crippen LogP contribution is -2.71. The number of nitrogens with one attached hydrogen (secondary N) is 1. The van der Waals surface area contributed by atoms with Gasteiger partial charge in [0.05, 0.1) is 54.6 Å². The highest BCUT2D eigenvalue weighted by Crippen LogP contribution is 2.64. The molecular weight excluding hydrogens is 909 g/mol. The minimum Gasteiger partial charge on any atom is -0.478 e. The monoisotopic (exact) mass is 997 g/mol. The quantitative estimate of drug-likeness (QED) is 0.130. The van der Waals surface area contributed by atoms with Crippen LogP contribution in [0.4, 0.5) is 4.79 Å². The van der Waals surface area contributed by atoms with Crippen molar-refractivity contribution in [2.75, 3.05) is 53.7 Å². The average molecular weight is 997 g/mol. The lowest BCUT2D eigenvalue weighted by molar-refractivity contribution is -0.262. The Morgan fingerprint density at radius 3 is 1.90 bits per heavy atom. The number of benzene rings is 2. The summed E-state index contributed by atoms with van der Waals surface area (Å²) in [5.74, 6) is -2.93. The Labute approximate surface area is 424 Å². The molecule has 2 saturated carbocycles. The number of ketones is 1. The standard InChI is InChI=1S/C37H53NO9.C7H6O2.C5H11NO.C3H8.C2H6O.C2H4/c1-19-25(46-32(41)30(39)29(22-14-12-11-13-15-22)38-33(42)47-34(4,5)6)17-37(43)21(3)28-23-18-45-24(23)16-26(44-10)36(28,9)31(40)20(2)27(19)35(37,7)8;8-7(9)6-4-2-1-3-5-6;1-6-2-4-7-5-3-6;1-3-2;1-2-3;1-2/h11-15,20-21,23-26,28-30,39,43H,16-18H2,1-10H3,(H,38,42);1-5H,(H,8,9);2-5H2,1H3;3H2,1-2H3;3H,2H2,1H3;1-2H2/t20-,21?,23?,24-,25+,26+,28?,29+,30?,36-,37?;;;;;/m1...../s1. The van der Waals surface area contributed by atoms with Gasteiger partial charge in [-0.15, -0.1) is 13.2 Å². The topological polar surface area (TPSA) is 211 Å². The molecule has 7 rings (SSSR count). The van der Waals surface area contributed by atoms with Gasteiger partial charge >= 0.3 is 18.0 Å². The number of likely N-dealkylation sites (N-methyl/N-ethyl adjacent to an activating group) is 1. The summed E-state index contributed by atoms with van der Waals surface area (Å²) in [6.45, 7) is 33.6. The van der Waals surface area contributed by atoms with Gasteiger partial charge in [-0.05, 0) is 89.3 Å². The number of esters is 1. The maximum Gasteiger partial charge on any atom is 0.408 e. The number of aliphatic hydroxyl groups is 3. The fourth-order valence-corrected chi connectivity index (χ4v) is 10.9. The molecule has 2 aromatic carbocycles. The molecule has 0 aromatic heterocycles. The van der Waals surface area contributed by atoms with Gasteiger partial charge < -0.3 is 54.3 Å². The summed E-state index contributed by atoms with van der Waals surface area (Å²) in [7, 11) is 3.75. The summed E-state index contributed by atoms with van der Waals surface area (Å²) in [6, 6.07) is 15.8. The Kier molecular flexibility index (Phi) is 24.8. The van der Waals surface area contributed by atoms with E-state index in [-0.39, 0.29) is 42.9 Å². The van der Waals surface area contributed by atoms with Gasteiger partial charge in [0.2, 0.25) is 0 Å². The molecule has 71 heavy (non-hydrogen) atoms. The van der Waals surface area contributed by atoms with Crippen molar-refractivity contribution < 1.29 is 63.3 Å². The fourth-order valence-electron chi connectivity index (χ4n) is 10.9. The second kappa shape index (κ2) is 28.1. The van der Waals surface area contributed by atoms with Crippen LogP contribution in [0.3, 0.4) is 0 Å². The third-order valence-corrected chi connectivity index (χ3v) is 14.2. The van der Waals surface area contributed by atoms with Crippen LogP contribution in [0.2, 0.25) is 0 Å². The summed E-state index contributed by atoms with van der Waals surface area (Å²) < 4.78 is 28.5. The molecule has 3 aliphatic carbocycles. The van der Waals surface area contributed by atoms with Gasteiger partial charge in [0.25, 0.3) is 0 Å². The van der Waals surface area contributed by atoms with E-state index in [0.717, 1.165) is 31.9 Å². The minimum atomic E-state index is -1.79. The SMILES string of the molecule is C=C.CCC.CCO.CN1CCOCC1.CO[C@H]1C[C@H]2OCC2C2C(C)C3(O)C[C@H](OC(=O)C(O)[C@@H](NC(=O)OC(C)(C)C)c4ccccc4)C(C)=C([C@@H](C)C(=O)[C@@]21C)C3(C)C.O=C(O)c1ccccc1. The zero-order valence-electron chi connectivity index (χ0n) is 45.2. The number of aromatic carboxylic acids is 1. The van der Waals surface area contributed by atoms with E-state index >= 15 is 0 Å². The highest BCUT2D eigenvalue weighted by Gasteiger charge is 2.69. The zero-order valence-corrected chi connectivity index (χ0v) is 45.2. The Morgan fingerprint density at radius 2 is 1.48 bits per heavy atom. The van der Waals surface area contributed by atoms with Crippen molar-refractivity contribution in [2.24, 2.45) is 34.5 Å². The molecule has 0 spiro atoms. The molecule has 15 nitrogen and oxygen atoms in total. The van der Waals surface area contributed by atoms with Crippen LogP contribution in [0.15, 0.2) is 85.0 Å². The van der Waals surface area contributed by atoms with Gasteiger partial charge in [0.15, 0.2) is 6.10 Å². The smallest absolute Gasteiger partial charge is 0.408 e. The number of hydrogen-bond acceptors (Lipinski definition) is 13. The van der Waals surface area contributed by atoms with Gasteiger partial charge in [0.1, 0.15) is 17.5 Å². The van der Waals surface area contributed by atoms with Crippen molar-refractivity contribution in [3.8, 4) is 0 Å². The molecule has 2 aliphatic heterocycles. The number of aliphatic hydroxyl groups excluding tert-OH is 2. The van der Waals surface area contributed by atoms with Crippen LogP contribution in [0.1, 0.15) is 124 Å². The molecular formula is C56H88N2O13. The number of fused-ring (bicyclic) bond motifs is 5. The molecule has 5 unspecified atom stereocenters. The first kappa shape index (κ1) is 62.6. The summed E-state index contributed by atoms with van der Waals surface area (Å²) >= 11 is 0. The van der Waals surface area contributed by atoms with Crippen LogP contribution in [0.5, 0.6) is 0 Å². The summed E-state index contributed by atoms with van der Waals surface area (Å²) in [5, 5.41) is 43.0. The van der Waals surface area contributed by atoms with E-state index in [2.05, 4.69) is 44.3 Å². The highest BCUT2D eigenvalue weighted by atomic mass is 16.6. The number of ether oxygens (including phenoxy) is 5. The Bertz CT molecular complexity index is 2000. The molecule has 2 aromatic rings. The molecule has 400 valence electrons. The number of carbonyl (C=O) groups excluding carboxylic acids is 3. The summed E-state index contributed by atoms with van der Waals surface area (Å²) in [5.41, 5.74) is -1.64. The first-order valence-electron chi connectivity index (χ1n) is 25.0. The fraction of sp³-hybridized carbons (Fsp3) is 0.643. The molecule has 2 heterocycles. The van der Waals surface area contributed by atoms with E-state index < -0.39 is 70.1 Å². The first-order valence-corrected chi connectivity index (χ1v) is 25.0. The van der Waals surface area contributed by atoms with Gasteiger partial charge in [-0.3, -0.25) is 4.79 Å². The Balaban J connectivity index is 0.000000589. The second-order valence-electron chi connectivity index (χ2n) is 20.5. The van der Waals surface area contributed by atoms with Crippen LogP contribution in [0, 0.1) is 34.5 Å². The summed E-state index contributed by atoms with van der Waals surface area (Å²) in [4.78, 5) is 53.8. The number of carboxylic acid groups (broad SMARTS) is 1. The number of carbonyl (C=O) groups is 4. The summed E-state index contributed by atoms with van der Waals surface area (Å²) in [6.07, 6.45) is -1.96. The van der Waals surface area contributed by atoms with Crippen LogP contribution in [-0.4, -0.2) is 138 Å². The molecule has 5 aliphatic rings. The molecule has 1 amide bonds. The Morgan fingerprint density at radius 1 is 0.958 bits per heavy atom. The van der Waals surface area contributed by atoms with E-state index in [1.165, 1.54) is 6.42 Å². The number of hydrogen-bond donors (Lipinski definition) is 5. The van der Waals surface area contributed by atoms with Crippen molar-refractivity contribution in [2.45, 2.75) is 144 Å². The number of carboxylic acids is 1. The van der Waals surface area contributed by atoms with E-state index in [0.29, 0.717) is 29.7 Å². The maximum atomic E-state index is 14.7. The highest BCUT2D eigenvalue weighted by molar-refractivity contribution is 5.91. The van der Waals surface area contributed by atoms with Crippen LogP contribution < -0.4 is 5.32 Å². The molecule has 0 radical (unpaired) electrons. The molecule has 4 fully saturated rings. The molecule has 11 atom stereocenters. The predicted octanol–water partition coefficient (Wildman–Crippen LogP) is 8.46. The van der Waals surface area contributed by atoms with E-state index in [4.69, 9.17) is 33.9 Å². The lowest BCUT2D eigenvalue weighted by Gasteiger charge is -2.65. The molecule has 5 N–H and O–H groups in total. The van der Waals surface area contributed by atoms with Crippen LogP contribution in [0.25, 0.3) is 0 Å². The van der Waals surface area contributed by atoms with Gasteiger partial charge in [0, 0.05) is 56.9 Å². The molecule has 2 bridgehead atoms. The third-order valence-electron chi connectivity index (χ3n) is 14.2. The maximum absolute atomic E-state index is 14.7. The lowest BCUT2D eigenvalue weighted by atomic mass is 9.43. The normalized spacial score (nSPS) is 29.1. The number of Topliss-reactive ketones (excluding diaryl/α,β-unsaturated/α-hetero) is 1. The number of morpholine rings is 1. The largest absolute Gasteiger partial charge is 0.478 e. The van der Waals surface area contributed by atoms with Crippen molar-refractivity contribution in [1.29, 1.82) is 0 Å². The van der Waals surface area contributed by atoms with E-state index in [1.807, 2.05) is 41.5 Å². The first-order chi connectivity index (χ1) is 33.3. The van der Waals surface area contributed by atoms with Crippen molar-refractivity contribution in [1.82, 2.24) is 10.2 Å². The predicted molar refractivity (Wildman–Crippen MR) is 276 cm³/mol. The average Bonchev–Trinajstić information content (AvgIpc) is 3.31. The number of nitrogens with zero attached hydrogens (tertiary/aromatic N) is 1. The van der Waals surface area contributed by atoms with Gasteiger partial charge in [-0.2, -0.15) is 0 Å². The van der Waals surface area contributed by atoms with E-state index in [9.17, 15) is 29.4 Å². The van der Waals surface area contributed by atoms with Crippen LogP contribution in [-0.2, 0) is 33.3 Å². The number of methoxy groups -OCH3 is 1. The van der Waals surface area contributed by atoms with Crippen molar-refractivity contribution in [3.05, 3.63) is 96.1 Å². The van der Waals surface area contributed by atoms with Crippen molar-refractivity contribution >= 4 is 23.8 Å². The van der Waals surface area contributed by atoms with Gasteiger partial charge in [-0.1, -0.05) is 96.5 Å². The van der Waals surface area contributed by atoms with Crippen molar-refractivity contribution in [3.63, 3.8) is 0 Å². The number of amides is 1. The van der Waals surface area contributed by atoms with Gasteiger partial charge in [-0.25, -0.2) is 14.4 Å². The van der Waals surface area contributed by atoms with Crippen LogP contribution >= 0.6 is 0 Å². The number of rotatable bonds is 7. The minimum absolute atomic E-state index is 0.0498. The Hall–Kier alpha value is -4.48. The zero-order chi connectivity index (χ0) is 54.1. The molecule has 2 saturated heterocycles. The van der Waals surface area contributed by atoms with E-state index in [1.54, 1.807) is 95.5 Å². The second-order valence-corrected chi connectivity index (χ2v) is 20.5. The molecule has 15 heteroatoms. The third kappa shape index (κ3) is 15.3. The number of alkyl carbamates (subject to hydrolysis) is 1.